The molecule has 86 valence electrons. The minimum atomic E-state index is 0.549. The van der Waals surface area contributed by atoms with Crippen LogP contribution in [-0.4, -0.2) is 9.97 Å². The summed E-state index contributed by atoms with van der Waals surface area (Å²) in [4.78, 5) is 8.62. The largest absolute Gasteiger partial charge is 0.236 e. The summed E-state index contributed by atoms with van der Waals surface area (Å²) in [7, 11) is 0. The van der Waals surface area contributed by atoms with E-state index in [0.717, 1.165) is 17.0 Å². The topological polar surface area (TPSA) is 25.8 Å². The van der Waals surface area contributed by atoms with Crippen LogP contribution in [0.25, 0.3) is 17.5 Å². The van der Waals surface area contributed by atoms with Gasteiger partial charge in [-0.3, -0.25) is 0 Å². The normalized spacial score (nSPS) is 10.5. The smallest absolute Gasteiger partial charge is 0.159 e. The zero-order valence-corrected chi connectivity index (χ0v) is 10.2. The van der Waals surface area contributed by atoms with Crippen LogP contribution in [0.2, 0.25) is 0 Å². The summed E-state index contributed by atoms with van der Waals surface area (Å²) < 4.78 is 0. The molecule has 0 saturated carbocycles. The van der Waals surface area contributed by atoms with Crippen molar-refractivity contribution in [2.24, 2.45) is 0 Å². The maximum atomic E-state index is 4.31. The number of hydrogen-bond donors (Lipinski definition) is 0. The summed E-state index contributed by atoms with van der Waals surface area (Å²) in [6, 6.07) is 8.39. The van der Waals surface area contributed by atoms with E-state index in [4.69, 9.17) is 0 Å². The van der Waals surface area contributed by atoms with Gasteiger partial charge in [0.15, 0.2) is 5.82 Å². The summed E-state index contributed by atoms with van der Waals surface area (Å²) in [5.74, 6) is 1.30. The molecule has 0 bridgehead atoms. The predicted octanol–water partition coefficient (Wildman–Crippen LogP) is 3.91. The Balaban J connectivity index is 2.29. The van der Waals surface area contributed by atoms with Crippen LogP contribution in [0.1, 0.15) is 30.9 Å². The lowest BCUT2D eigenvalue weighted by Crippen LogP contribution is -1.91. The van der Waals surface area contributed by atoms with Crippen molar-refractivity contribution >= 4 is 6.08 Å². The highest BCUT2D eigenvalue weighted by molar-refractivity contribution is 5.56. The average molecular weight is 224 g/mol. The van der Waals surface area contributed by atoms with Crippen molar-refractivity contribution in [3.63, 3.8) is 0 Å². The Kier molecular flexibility index (Phi) is 3.33. The van der Waals surface area contributed by atoms with E-state index in [-0.39, 0.29) is 0 Å². The lowest BCUT2D eigenvalue weighted by molar-refractivity contribution is 0.867. The van der Waals surface area contributed by atoms with E-state index in [1.807, 2.05) is 0 Å². The fourth-order valence-corrected chi connectivity index (χ4v) is 1.61. The van der Waals surface area contributed by atoms with Crippen LogP contribution >= 0.6 is 0 Å². The van der Waals surface area contributed by atoms with E-state index >= 15 is 0 Å². The zero-order valence-electron chi connectivity index (χ0n) is 10.2. The minimum Gasteiger partial charge on any atom is -0.236 e. The molecule has 2 heteroatoms. The van der Waals surface area contributed by atoms with Crippen molar-refractivity contribution < 1.29 is 0 Å². The lowest BCUT2D eigenvalue weighted by Gasteiger charge is -2.06. The molecule has 1 aromatic carbocycles. The summed E-state index contributed by atoms with van der Waals surface area (Å²) in [5.41, 5.74) is 3.31. The molecule has 0 spiro atoms. The highest BCUT2D eigenvalue weighted by Crippen LogP contribution is 2.19. The number of hydrogen-bond acceptors (Lipinski definition) is 2. The Morgan fingerprint density at radius 3 is 2.12 bits per heavy atom. The molecule has 0 aliphatic rings. The van der Waals surface area contributed by atoms with Crippen molar-refractivity contribution in [1.29, 1.82) is 0 Å². The second-order valence-corrected chi connectivity index (χ2v) is 4.32. The molecule has 2 aromatic rings. The molecule has 0 aliphatic heterocycles. The first-order valence-corrected chi connectivity index (χ1v) is 5.75. The van der Waals surface area contributed by atoms with Crippen molar-refractivity contribution in [1.82, 2.24) is 9.97 Å². The van der Waals surface area contributed by atoms with E-state index in [9.17, 15) is 0 Å². The monoisotopic (exact) mass is 224 g/mol. The summed E-state index contributed by atoms with van der Waals surface area (Å²) in [6.45, 7) is 8.05. The van der Waals surface area contributed by atoms with Gasteiger partial charge >= 0.3 is 0 Å². The summed E-state index contributed by atoms with van der Waals surface area (Å²) in [6.07, 6.45) is 5.31. The molecule has 0 radical (unpaired) electrons. The van der Waals surface area contributed by atoms with Gasteiger partial charge in [0.25, 0.3) is 0 Å². The maximum absolute atomic E-state index is 4.31. The number of nitrogens with zero attached hydrogens (tertiary/aromatic N) is 2. The number of benzene rings is 1. The first-order chi connectivity index (χ1) is 8.20. The molecule has 1 aromatic heterocycles. The first-order valence-electron chi connectivity index (χ1n) is 5.75. The standard InChI is InChI=1S/C15H16N2/c1-4-12-9-16-15(17-10-12)14-7-5-13(6-8-14)11(2)3/h4-11H,1H2,2-3H3. The third-order valence-corrected chi connectivity index (χ3v) is 2.74. The van der Waals surface area contributed by atoms with Crippen molar-refractivity contribution in [2.75, 3.05) is 0 Å². The van der Waals surface area contributed by atoms with Gasteiger partial charge in [0.2, 0.25) is 0 Å². The average Bonchev–Trinajstić information content (AvgIpc) is 2.39. The van der Waals surface area contributed by atoms with E-state index in [2.05, 4.69) is 54.7 Å². The van der Waals surface area contributed by atoms with Crippen LogP contribution < -0.4 is 0 Å². The van der Waals surface area contributed by atoms with Crippen LogP contribution in [0.3, 0.4) is 0 Å². The van der Waals surface area contributed by atoms with E-state index in [0.29, 0.717) is 5.92 Å². The van der Waals surface area contributed by atoms with Crippen LogP contribution in [-0.2, 0) is 0 Å². The van der Waals surface area contributed by atoms with Gasteiger partial charge in [0.1, 0.15) is 0 Å². The van der Waals surface area contributed by atoms with Crippen LogP contribution in [0, 0.1) is 0 Å². The molecule has 2 nitrogen and oxygen atoms in total. The molecular weight excluding hydrogens is 208 g/mol. The van der Waals surface area contributed by atoms with Gasteiger partial charge in [-0.1, -0.05) is 50.8 Å². The molecule has 0 N–H and O–H groups in total. The first kappa shape index (κ1) is 11.5. The number of aromatic nitrogens is 2. The predicted molar refractivity (Wildman–Crippen MR) is 71.6 cm³/mol. The lowest BCUT2D eigenvalue weighted by atomic mass is 10.0. The second-order valence-electron chi connectivity index (χ2n) is 4.32. The Morgan fingerprint density at radius 1 is 1.06 bits per heavy atom. The van der Waals surface area contributed by atoms with E-state index < -0.39 is 0 Å². The molecule has 1 heterocycles. The van der Waals surface area contributed by atoms with Crippen molar-refractivity contribution in [3.8, 4) is 11.4 Å². The van der Waals surface area contributed by atoms with Gasteiger partial charge < -0.3 is 0 Å². The van der Waals surface area contributed by atoms with Crippen LogP contribution in [0.15, 0.2) is 43.2 Å². The fraction of sp³-hybridized carbons (Fsp3) is 0.200. The highest BCUT2D eigenvalue weighted by atomic mass is 14.9. The Labute approximate surface area is 102 Å². The SMILES string of the molecule is C=Cc1cnc(-c2ccc(C(C)C)cc2)nc1. The molecule has 0 amide bonds. The van der Waals surface area contributed by atoms with Gasteiger partial charge in [-0.05, 0) is 11.5 Å². The van der Waals surface area contributed by atoms with Gasteiger partial charge in [-0.15, -0.1) is 0 Å². The zero-order chi connectivity index (χ0) is 12.3. The fourth-order valence-electron chi connectivity index (χ4n) is 1.61. The molecule has 0 saturated heterocycles. The molecule has 2 rings (SSSR count). The second kappa shape index (κ2) is 4.91. The molecule has 0 unspecified atom stereocenters. The van der Waals surface area contributed by atoms with Crippen molar-refractivity contribution in [2.45, 2.75) is 19.8 Å². The Hall–Kier alpha value is -1.96. The minimum absolute atomic E-state index is 0.549. The molecule has 0 aliphatic carbocycles. The van der Waals surface area contributed by atoms with Crippen LogP contribution in [0.4, 0.5) is 0 Å². The molecule has 0 atom stereocenters. The molecule has 17 heavy (non-hydrogen) atoms. The molecular formula is C15H16N2. The maximum Gasteiger partial charge on any atom is 0.159 e. The number of rotatable bonds is 3. The van der Waals surface area contributed by atoms with Gasteiger partial charge in [0, 0.05) is 23.5 Å². The Morgan fingerprint density at radius 2 is 1.65 bits per heavy atom. The van der Waals surface area contributed by atoms with E-state index in [1.54, 1.807) is 18.5 Å². The van der Waals surface area contributed by atoms with Gasteiger partial charge in [0.05, 0.1) is 0 Å². The van der Waals surface area contributed by atoms with Gasteiger partial charge in [-0.2, -0.15) is 0 Å². The Bertz CT molecular complexity index is 495. The van der Waals surface area contributed by atoms with E-state index in [1.165, 1.54) is 5.56 Å². The van der Waals surface area contributed by atoms with Crippen LogP contribution in [0.5, 0.6) is 0 Å². The van der Waals surface area contributed by atoms with Gasteiger partial charge in [-0.25, -0.2) is 9.97 Å². The quantitative estimate of drug-likeness (QED) is 0.790. The highest BCUT2D eigenvalue weighted by Gasteiger charge is 2.02. The summed E-state index contributed by atoms with van der Waals surface area (Å²) in [5, 5.41) is 0. The third-order valence-electron chi connectivity index (χ3n) is 2.74. The summed E-state index contributed by atoms with van der Waals surface area (Å²) >= 11 is 0. The molecule has 0 fully saturated rings. The third kappa shape index (κ3) is 2.59. The van der Waals surface area contributed by atoms with Crippen molar-refractivity contribution in [3.05, 3.63) is 54.4 Å².